The molecule has 0 radical (unpaired) electrons. The lowest BCUT2D eigenvalue weighted by Gasteiger charge is -2.09. The Labute approximate surface area is 167 Å². The molecule has 1 heterocycles. The molecule has 3 aromatic carbocycles. The molecule has 1 saturated heterocycles. The molecular formula is C21H19ClN4O2. The second kappa shape index (κ2) is 7.98. The highest BCUT2D eigenvalue weighted by Crippen LogP contribution is 2.26. The smallest absolute Gasteiger partial charge is 0.258 e. The van der Waals surface area contributed by atoms with Gasteiger partial charge in [-0.1, -0.05) is 54.1 Å². The Morgan fingerprint density at radius 2 is 1.89 bits per heavy atom. The van der Waals surface area contributed by atoms with E-state index in [-0.39, 0.29) is 17.7 Å². The molecule has 1 amide bonds. The third-order valence-electron chi connectivity index (χ3n) is 4.81. The van der Waals surface area contributed by atoms with Gasteiger partial charge >= 0.3 is 0 Å². The maximum atomic E-state index is 12.4. The predicted octanol–water partition coefficient (Wildman–Crippen LogP) is 3.26. The number of phenolic OH excluding ortho intramolecular Hbond substituents is 1. The van der Waals surface area contributed by atoms with Crippen LogP contribution in [0.4, 0.5) is 0 Å². The summed E-state index contributed by atoms with van der Waals surface area (Å²) in [5.74, 6) is -0.139. The van der Waals surface area contributed by atoms with Gasteiger partial charge in [0.1, 0.15) is 11.8 Å². The first-order valence-electron chi connectivity index (χ1n) is 8.92. The molecule has 1 aliphatic rings. The topological polar surface area (TPSA) is 85.8 Å². The summed E-state index contributed by atoms with van der Waals surface area (Å²) in [5.41, 5.74) is 10.3. The number of benzene rings is 3. The molecule has 2 unspecified atom stereocenters. The predicted molar refractivity (Wildman–Crippen MR) is 110 cm³/mol. The summed E-state index contributed by atoms with van der Waals surface area (Å²) in [6, 6.07) is 18.2. The summed E-state index contributed by atoms with van der Waals surface area (Å²) in [6.45, 7) is 0. The van der Waals surface area contributed by atoms with Gasteiger partial charge in [0.25, 0.3) is 5.91 Å². The Balaban J connectivity index is 1.41. The zero-order valence-corrected chi connectivity index (χ0v) is 15.6. The van der Waals surface area contributed by atoms with E-state index in [1.165, 1.54) is 6.21 Å². The van der Waals surface area contributed by atoms with Crippen molar-refractivity contribution in [3.63, 3.8) is 0 Å². The number of hydrogen-bond donors (Lipinski definition) is 4. The number of carbonyl (C=O) groups is 1. The van der Waals surface area contributed by atoms with Gasteiger partial charge in [0, 0.05) is 16.6 Å². The highest BCUT2D eigenvalue weighted by molar-refractivity contribution is 6.30. The number of hydrazone groups is 1. The number of nitrogens with one attached hydrogen (secondary N) is 3. The van der Waals surface area contributed by atoms with Crippen molar-refractivity contribution in [2.24, 2.45) is 5.10 Å². The van der Waals surface area contributed by atoms with Crippen LogP contribution in [-0.2, 0) is 4.79 Å². The molecule has 0 saturated carbocycles. The number of amides is 1. The molecule has 1 aliphatic heterocycles. The zero-order chi connectivity index (χ0) is 19.5. The average molecular weight is 395 g/mol. The van der Waals surface area contributed by atoms with Crippen LogP contribution in [0.3, 0.4) is 0 Å². The molecule has 1 fully saturated rings. The van der Waals surface area contributed by atoms with Gasteiger partial charge in [-0.15, -0.1) is 0 Å². The van der Waals surface area contributed by atoms with E-state index in [0.29, 0.717) is 17.0 Å². The Morgan fingerprint density at radius 1 is 1.11 bits per heavy atom. The van der Waals surface area contributed by atoms with Gasteiger partial charge in [0.15, 0.2) is 0 Å². The molecule has 7 heteroatoms. The number of aromatic hydroxyl groups is 1. The number of hydrazine groups is 1. The highest BCUT2D eigenvalue weighted by Gasteiger charge is 2.29. The molecule has 4 rings (SSSR count). The summed E-state index contributed by atoms with van der Waals surface area (Å²) in [5, 5.41) is 16.7. The Bertz CT molecular complexity index is 1040. The number of rotatable bonds is 4. The fourth-order valence-electron chi connectivity index (χ4n) is 3.30. The van der Waals surface area contributed by atoms with Crippen molar-refractivity contribution >= 4 is 34.5 Å². The molecule has 0 aliphatic carbocycles. The molecule has 0 bridgehead atoms. The number of fused-ring (bicyclic) bond motifs is 1. The molecule has 28 heavy (non-hydrogen) atoms. The van der Waals surface area contributed by atoms with Crippen LogP contribution < -0.4 is 16.3 Å². The van der Waals surface area contributed by atoms with Crippen molar-refractivity contribution in [1.29, 1.82) is 0 Å². The van der Waals surface area contributed by atoms with Crippen molar-refractivity contribution < 1.29 is 9.90 Å². The van der Waals surface area contributed by atoms with Gasteiger partial charge in [0.05, 0.1) is 6.21 Å². The van der Waals surface area contributed by atoms with Gasteiger partial charge in [-0.3, -0.25) is 4.79 Å². The first-order valence-corrected chi connectivity index (χ1v) is 9.30. The number of carbonyl (C=O) groups excluding carboxylic acids is 1. The standard InChI is InChI=1S/C21H19ClN4O2/c22-15-8-5-14(6-9-15)18-11-19(25-24-18)21(28)26-23-12-17-16-4-2-1-3-13(16)7-10-20(17)27/h1-10,12,18-19,24-25,27H,11H2,(H,26,28)/b23-12+. The van der Waals surface area contributed by atoms with Crippen molar-refractivity contribution in [3.8, 4) is 5.75 Å². The lowest BCUT2D eigenvalue weighted by Crippen LogP contribution is -2.41. The number of phenols is 1. The van der Waals surface area contributed by atoms with Crippen LogP contribution in [-0.4, -0.2) is 23.3 Å². The van der Waals surface area contributed by atoms with E-state index in [4.69, 9.17) is 11.6 Å². The largest absolute Gasteiger partial charge is 0.507 e. The van der Waals surface area contributed by atoms with E-state index in [1.807, 2.05) is 54.6 Å². The van der Waals surface area contributed by atoms with Crippen molar-refractivity contribution in [2.45, 2.75) is 18.5 Å². The minimum absolute atomic E-state index is 0.0131. The van der Waals surface area contributed by atoms with Crippen molar-refractivity contribution in [1.82, 2.24) is 16.3 Å². The minimum atomic E-state index is -0.418. The lowest BCUT2D eigenvalue weighted by atomic mass is 10.0. The number of halogens is 1. The average Bonchev–Trinajstić information content (AvgIpc) is 3.20. The third kappa shape index (κ3) is 3.84. The number of nitrogens with zero attached hydrogens (tertiary/aromatic N) is 1. The normalized spacial score (nSPS) is 19.3. The molecule has 3 aromatic rings. The second-order valence-corrected chi connectivity index (χ2v) is 7.07. The fraction of sp³-hybridized carbons (Fsp3) is 0.143. The van der Waals surface area contributed by atoms with Crippen molar-refractivity contribution in [2.75, 3.05) is 0 Å². The molecule has 2 atom stereocenters. The second-order valence-electron chi connectivity index (χ2n) is 6.63. The van der Waals surface area contributed by atoms with Crippen LogP contribution in [0.2, 0.25) is 5.02 Å². The van der Waals surface area contributed by atoms with E-state index in [2.05, 4.69) is 21.4 Å². The van der Waals surface area contributed by atoms with Gasteiger partial charge in [-0.25, -0.2) is 16.3 Å². The van der Waals surface area contributed by atoms with E-state index in [0.717, 1.165) is 16.3 Å². The summed E-state index contributed by atoms with van der Waals surface area (Å²) in [6.07, 6.45) is 2.05. The molecular weight excluding hydrogens is 376 g/mol. The van der Waals surface area contributed by atoms with Gasteiger partial charge in [-0.2, -0.15) is 5.10 Å². The Kier molecular flexibility index (Phi) is 5.25. The molecule has 142 valence electrons. The van der Waals surface area contributed by atoms with Gasteiger partial charge < -0.3 is 5.11 Å². The number of hydrogen-bond acceptors (Lipinski definition) is 5. The van der Waals surface area contributed by atoms with Gasteiger partial charge in [-0.05, 0) is 41.0 Å². The summed E-state index contributed by atoms with van der Waals surface area (Å²) >= 11 is 5.92. The van der Waals surface area contributed by atoms with Crippen LogP contribution in [0.25, 0.3) is 10.8 Å². The quantitative estimate of drug-likeness (QED) is 0.404. The van der Waals surface area contributed by atoms with E-state index >= 15 is 0 Å². The molecule has 6 nitrogen and oxygen atoms in total. The first kappa shape index (κ1) is 18.4. The van der Waals surface area contributed by atoms with Gasteiger partial charge in [0.2, 0.25) is 0 Å². The van der Waals surface area contributed by atoms with E-state index in [9.17, 15) is 9.90 Å². The lowest BCUT2D eigenvalue weighted by molar-refractivity contribution is -0.122. The maximum absolute atomic E-state index is 12.4. The van der Waals surface area contributed by atoms with Crippen LogP contribution in [0.5, 0.6) is 5.75 Å². The SMILES string of the molecule is O=C(N/N=C/c1c(O)ccc2ccccc12)C1CC(c2ccc(Cl)cc2)NN1. The summed E-state index contributed by atoms with van der Waals surface area (Å²) < 4.78 is 0. The Morgan fingerprint density at radius 3 is 2.71 bits per heavy atom. The Hall–Kier alpha value is -2.93. The zero-order valence-electron chi connectivity index (χ0n) is 14.9. The molecule has 0 spiro atoms. The van der Waals surface area contributed by atoms with Crippen LogP contribution in [0.1, 0.15) is 23.6 Å². The summed E-state index contributed by atoms with van der Waals surface area (Å²) in [4.78, 5) is 12.4. The monoisotopic (exact) mass is 394 g/mol. The fourth-order valence-corrected chi connectivity index (χ4v) is 3.43. The maximum Gasteiger partial charge on any atom is 0.258 e. The third-order valence-corrected chi connectivity index (χ3v) is 5.06. The van der Waals surface area contributed by atoms with E-state index < -0.39 is 6.04 Å². The highest BCUT2D eigenvalue weighted by atomic mass is 35.5. The van der Waals surface area contributed by atoms with Crippen LogP contribution >= 0.6 is 11.6 Å². The van der Waals surface area contributed by atoms with Crippen molar-refractivity contribution in [3.05, 3.63) is 76.8 Å². The van der Waals surface area contributed by atoms with Crippen LogP contribution in [0.15, 0.2) is 65.8 Å². The first-order chi connectivity index (χ1) is 13.6. The van der Waals surface area contributed by atoms with Crippen LogP contribution in [0, 0.1) is 0 Å². The summed E-state index contributed by atoms with van der Waals surface area (Å²) in [7, 11) is 0. The minimum Gasteiger partial charge on any atom is -0.507 e. The molecule has 4 N–H and O–H groups in total. The van der Waals surface area contributed by atoms with E-state index in [1.54, 1.807) is 6.07 Å². The molecule has 0 aromatic heterocycles.